The number of amidine groups is 1. The molecule has 2 aromatic heterocycles. The fourth-order valence-corrected chi connectivity index (χ4v) is 6.50. The van der Waals surface area contributed by atoms with Gasteiger partial charge < -0.3 is 9.64 Å². The van der Waals surface area contributed by atoms with Gasteiger partial charge in [-0.05, 0) is 16.7 Å². The van der Waals surface area contributed by atoms with Crippen LogP contribution in [0, 0.1) is 5.92 Å². The summed E-state index contributed by atoms with van der Waals surface area (Å²) < 4.78 is 7.38. The first kappa shape index (κ1) is 25.8. The second kappa shape index (κ2) is 10.4. The predicted octanol–water partition coefficient (Wildman–Crippen LogP) is 4.12. The summed E-state index contributed by atoms with van der Waals surface area (Å²) in [4.78, 5) is 39.4. The lowest BCUT2D eigenvalue weighted by molar-refractivity contribution is -0.135. The number of ether oxygens (including phenoxy) is 1. The Hall–Kier alpha value is -4.15. The molecule has 208 valence electrons. The van der Waals surface area contributed by atoms with E-state index in [2.05, 4.69) is 58.6 Å². The first-order valence-electron chi connectivity index (χ1n) is 13.9. The molecule has 2 aromatic carbocycles. The third-order valence-electron chi connectivity index (χ3n) is 8.24. The van der Waals surface area contributed by atoms with E-state index in [4.69, 9.17) is 9.73 Å². The van der Waals surface area contributed by atoms with Crippen molar-refractivity contribution in [1.29, 1.82) is 0 Å². The molecule has 0 N–H and O–H groups in total. The third kappa shape index (κ3) is 4.76. The largest absolute Gasteiger partial charge is 0.381 e. The average molecular weight is 567 g/mol. The summed E-state index contributed by atoms with van der Waals surface area (Å²) in [7, 11) is 1.92. The molecular weight excluding hydrogens is 536 g/mol. The van der Waals surface area contributed by atoms with E-state index in [9.17, 15) is 9.59 Å². The number of thiazole rings is 1. The summed E-state index contributed by atoms with van der Waals surface area (Å²) in [6, 6.07) is 16.7. The van der Waals surface area contributed by atoms with E-state index in [-0.39, 0.29) is 17.7 Å². The lowest BCUT2D eigenvalue weighted by Crippen LogP contribution is -2.56. The van der Waals surface area contributed by atoms with Gasteiger partial charge in [0, 0.05) is 87.6 Å². The van der Waals surface area contributed by atoms with Crippen LogP contribution in [0.3, 0.4) is 0 Å². The number of likely N-dealkylation sites (tertiary alicyclic amines) is 1. The van der Waals surface area contributed by atoms with Crippen molar-refractivity contribution in [3.05, 3.63) is 83.1 Å². The van der Waals surface area contributed by atoms with Gasteiger partial charge in [-0.15, -0.1) is 11.3 Å². The van der Waals surface area contributed by atoms with Crippen LogP contribution in [0.2, 0.25) is 0 Å². The Bertz CT molecular complexity index is 1600. The maximum absolute atomic E-state index is 13.8. The molecule has 7 rings (SSSR count). The van der Waals surface area contributed by atoms with Crippen LogP contribution >= 0.6 is 11.3 Å². The van der Waals surface area contributed by atoms with E-state index in [1.807, 2.05) is 29.7 Å². The van der Waals surface area contributed by atoms with Crippen molar-refractivity contribution in [1.82, 2.24) is 24.6 Å². The molecule has 0 aliphatic carbocycles. The monoisotopic (exact) mass is 566 g/mol. The summed E-state index contributed by atoms with van der Waals surface area (Å²) in [5.74, 6) is 0.930. The smallest absolute Gasteiger partial charge is 0.282 e. The Morgan fingerprint density at radius 1 is 0.976 bits per heavy atom. The van der Waals surface area contributed by atoms with E-state index < -0.39 is 5.54 Å². The Kier molecular flexibility index (Phi) is 6.51. The highest BCUT2D eigenvalue weighted by Crippen LogP contribution is 2.36. The van der Waals surface area contributed by atoms with E-state index in [0.717, 1.165) is 33.7 Å². The number of hydrogen-bond donors (Lipinski definition) is 0. The first-order valence-corrected chi connectivity index (χ1v) is 14.8. The van der Waals surface area contributed by atoms with E-state index in [0.29, 0.717) is 50.7 Å². The van der Waals surface area contributed by atoms with Crippen LogP contribution in [-0.4, -0.2) is 80.6 Å². The second-order valence-electron chi connectivity index (χ2n) is 11.0. The maximum atomic E-state index is 13.8. The van der Waals surface area contributed by atoms with Crippen molar-refractivity contribution in [3.8, 4) is 22.3 Å². The Balaban J connectivity index is 1.10. The number of carbonyl (C=O) groups excluding carboxylic acids is 2. The molecule has 41 heavy (non-hydrogen) atoms. The molecular formula is C31H30N6O3S. The topological polar surface area (TPSA) is 92.9 Å². The highest BCUT2D eigenvalue weighted by molar-refractivity contribution is 7.11. The molecule has 0 atom stereocenters. The average Bonchev–Trinajstić information content (AvgIpc) is 3.73. The lowest BCUT2D eigenvalue weighted by atomic mass is 9.90. The summed E-state index contributed by atoms with van der Waals surface area (Å²) in [6.07, 6.45) is 6.70. The lowest BCUT2D eigenvalue weighted by Gasteiger charge is -2.41. The molecule has 3 aliphatic heterocycles. The molecule has 1 spiro atoms. The third-order valence-corrected chi connectivity index (χ3v) is 9.00. The number of amides is 2. The van der Waals surface area contributed by atoms with Crippen LogP contribution in [0.15, 0.2) is 77.5 Å². The van der Waals surface area contributed by atoms with Crippen molar-refractivity contribution in [3.63, 3.8) is 0 Å². The molecule has 2 fully saturated rings. The quantitative estimate of drug-likeness (QED) is 0.350. The molecule has 9 nitrogen and oxygen atoms in total. The zero-order valence-corrected chi connectivity index (χ0v) is 23.6. The van der Waals surface area contributed by atoms with Gasteiger partial charge in [0.15, 0.2) is 5.01 Å². The minimum Gasteiger partial charge on any atom is -0.381 e. The molecule has 3 aliphatic rings. The number of aliphatic imine (C=N–C) groups is 1. The standard InChI is InChI=1S/C31H30N6O3S/c1-35-20-26(16-33-35)24-4-2-22(3-5-24)23-6-8-25(9-7-23)27-34-31(10-13-40-14-11-31)30(39)37(27)19-21-17-36(18-21)29(38)28-32-12-15-41-28/h2-9,12,15-16,20-21H,10-11,13-14,17-19H2,1H3. The zero-order chi connectivity index (χ0) is 28.0. The first-order chi connectivity index (χ1) is 20.0. The highest BCUT2D eigenvalue weighted by Gasteiger charge is 2.50. The zero-order valence-electron chi connectivity index (χ0n) is 22.8. The molecule has 2 amide bonds. The van der Waals surface area contributed by atoms with Crippen molar-refractivity contribution in [2.24, 2.45) is 18.0 Å². The van der Waals surface area contributed by atoms with Crippen LogP contribution in [0.25, 0.3) is 22.3 Å². The highest BCUT2D eigenvalue weighted by atomic mass is 32.1. The van der Waals surface area contributed by atoms with Crippen LogP contribution < -0.4 is 0 Å². The van der Waals surface area contributed by atoms with Crippen molar-refractivity contribution in [2.45, 2.75) is 18.4 Å². The molecule has 10 heteroatoms. The van der Waals surface area contributed by atoms with Crippen molar-refractivity contribution >= 4 is 29.0 Å². The second-order valence-corrected chi connectivity index (χ2v) is 11.9. The summed E-state index contributed by atoms with van der Waals surface area (Å²) in [6.45, 7) is 2.83. The molecule has 0 saturated carbocycles. The van der Waals surface area contributed by atoms with Gasteiger partial charge in [-0.2, -0.15) is 5.10 Å². The number of aryl methyl sites for hydroxylation is 1. The molecule has 0 radical (unpaired) electrons. The number of benzene rings is 2. The van der Waals surface area contributed by atoms with Gasteiger partial charge in [-0.1, -0.05) is 48.5 Å². The van der Waals surface area contributed by atoms with Crippen molar-refractivity contribution in [2.75, 3.05) is 32.8 Å². The van der Waals surface area contributed by atoms with E-state index in [1.54, 1.807) is 15.8 Å². The van der Waals surface area contributed by atoms with Crippen LogP contribution in [0.1, 0.15) is 28.2 Å². The normalized spacial score (nSPS) is 18.6. The summed E-state index contributed by atoms with van der Waals surface area (Å²) >= 11 is 1.35. The Morgan fingerprint density at radius 3 is 2.20 bits per heavy atom. The van der Waals surface area contributed by atoms with Crippen LogP contribution in [0.4, 0.5) is 0 Å². The van der Waals surface area contributed by atoms with Gasteiger partial charge in [0.2, 0.25) is 0 Å². The Labute approximate surface area is 242 Å². The molecule has 0 unspecified atom stereocenters. The van der Waals surface area contributed by atoms with Gasteiger partial charge in [-0.25, -0.2) is 4.98 Å². The number of nitrogens with zero attached hydrogens (tertiary/aromatic N) is 6. The van der Waals surface area contributed by atoms with Gasteiger partial charge in [-0.3, -0.25) is 24.2 Å². The molecule has 4 aromatic rings. The van der Waals surface area contributed by atoms with Gasteiger partial charge >= 0.3 is 0 Å². The molecule has 5 heterocycles. The number of aromatic nitrogens is 3. The van der Waals surface area contributed by atoms with Crippen LogP contribution in [-0.2, 0) is 16.6 Å². The van der Waals surface area contributed by atoms with E-state index >= 15 is 0 Å². The molecule has 2 saturated heterocycles. The van der Waals surface area contributed by atoms with Crippen LogP contribution in [0.5, 0.6) is 0 Å². The minimum absolute atomic E-state index is 0.0390. The number of rotatable bonds is 6. The van der Waals surface area contributed by atoms with Gasteiger partial charge in [0.25, 0.3) is 11.8 Å². The fourth-order valence-electron chi connectivity index (χ4n) is 5.89. The summed E-state index contributed by atoms with van der Waals surface area (Å²) in [5.41, 5.74) is 4.59. The predicted molar refractivity (Wildman–Crippen MR) is 157 cm³/mol. The fraction of sp³-hybridized carbons (Fsp3) is 0.323. The SMILES string of the molecule is Cn1cc(-c2ccc(-c3ccc(C4=NC5(CCOCC5)C(=O)N4CC4CN(C(=O)c5nccs5)C4)cc3)cc2)cn1. The Morgan fingerprint density at radius 2 is 1.61 bits per heavy atom. The summed E-state index contributed by atoms with van der Waals surface area (Å²) in [5, 5.41) is 6.59. The van der Waals surface area contributed by atoms with Crippen molar-refractivity contribution < 1.29 is 14.3 Å². The molecule has 0 bridgehead atoms. The van der Waals surface area contributed by atoms with Gasteiger partial charge in [0.05, 0.1) is 6.20 Å². The van der Waals surface area contributed by atoms with Gasteiger partial charge in [0.1, 0.15) is 11.4 Å². The number of hydrogen-bond acceptors (Lipinski definition) is 7. The number of carbonyl (C=O) groups is 2. The maximum Gasteiger partial charge on any atom is 0.282 e. The van der Waals surface area contributed by atoms with E-state index in [1.165, 1.54) is 11.3 Å². The minimum atomic E-state index is -0.755.